The number of ether oxygens (including phenoxy) is 1. The van der Waals surface area contributed by atoms with Crippen molar-refractivity contribution < 1.29 is 19.4 Å². The van der Waals surface area contributed by atoms with Gasteiger partial charge in [-0.15, -0.1) is 0 Å². The van der Waals surface area contributed by atoms with Crippen LogP contribution in [0.25, 0.3) is 10.8 Å². The second-order valence-electron chi connectivity index (χ2n) is 9.66. The van der Waals surface area contributed by atoms with Crippen molar-refractivity contribution in [2.45, 2.75) is 43.4 Å². The van der Waals surface area contributed by atoms with Crippen LogP contribution in [-0.2, 0) is 26.3 Å². The Bertz CT molecular complexity index is 1290. The van der Waals surface area contributed by atoms with Crippen LogP contribution in [0, 0.1) is 0 Å². The maximum absolute atomic E-state index is 13.5. The molecular weight excluding hydrogens is 428 g/mol. The van der Waals surface area contributed by atoms with Crippen molar-refractivity contribution in [3.8, 4) is 0 Å². The molecule has 6 nitrogen and oxygen atoms in total. The monoisotopic (exact) mass is 456 g/mol. The van der Waals surface area contributed by atoms with E-state index in [2.05, 4.69) is 41.3 Å². The minimum Gasteiger partial charge on any atom is -0.469 e. The van der Waals surface area contributed by atoms with E-state index in [4.69, 9.17) is 4.74 Å². The van der Waals surface area contributed by atoms with E-state index >= 15 is 0 Å². The number of para-hydroxylation sites is 1. The summed E-state index contributed by atoms with van der Waals surface area (Å²) in [5.74, 6) is -1.02. The van der Waals surface area contributed by atoms with Crippen LogP contribution < -0.4 is 4.90 Å². The van der Waals surface area contributed by atoms with Gasteiger partial charge in [-0.1, -0.05) is 54.6 Å². The lowest BCUT2D eigenvalue weighted by Gasteiger charge is -2.40. The molecular formula is C28H28N2O4. The summed E-state index contributed by atoms with van der Waals surface area (Å²) >= 11 is 0. The lowest BCUT2D eigenvalue weighted by Crippen LogP contribution is -2.50. The van der Waals surface area contributed by atoms with Gasteiger partial charge >= 0.3 is 5.97 Å². The summed E-state index contributed by atoms with van der Waals surface area (Å²) < 4.78 is 4.77. The highest BCUT2D eigenvalue weighted by Gasteiger charge is 2.53. The van der Waals surface area contributed by atoms with Crippen molar-refractivity contribution in [1.82, 2.24) is 4.90 Å². The Morgan fingerprint density at radius 1 is 1.06 bits per heavy atom. The smallest absolute Gasteiger partial charge is 0.309 e. The maximum atomic E-state index is 13.5. The molecule has 2 unspecified atom stereocenters. The molecule has 0 radical (unpaired) electrons. The number of piperidine rings is 1. The Kier molecular flexibility index (Phi) is 4.97. The third-order valence-corrected chi connectivity index (χ3v) is 7.91. The van der Waals surface area contributed by atoms with Gasteiger partial charge in [0.1, 0.15) is 0 Å². The van der Waals surface area contributed by atoms with Gasteiger partial charge in [0.2, 0.25) is 0 Å². The SMILES string of the molecule is COC(=O)CC1(O)C(=O)N(C2CCN(C3Cc4cccc5cccc3c45)CC2)c2ccccc21. The van der Waals surface area contributed by atoms with Gasteiger partial charge in [0.25, 0.3) is 5.91 Å². The molecule has 1 N–H and O–H groups in total. The van der Waals surface area contributed by atoms with Crippen LogP contribution in [0.2, 0.25) is 0 Å². The highest BCUT2D eigenvalue weighted by molar-refractivity contribution is 6.08. The topological polar surface area (TPSA) is 70.1 Å². The van der Waals surface area contributed by atoms with Crippen LogP contribution in [0.15, 0.2) is 60.7 Å². The lowest BCUT2D eigenvalue weighted by molar-refractivity contribution is -0.153. The molecule has 3 aromatic carbocycles. The highest BCUT2D eigenvalue weighted by atomic mass is 16.5. The third-order valence-electron chi connectivity index (χ3n) is 7.91. The summed E-state index contributed by atoms with van der Waals surface area (Å²) in [5.41, 5.74) is 2.14. The van der Waals surface area contributed by atoms with E-state index in [-0.39, 0.29) is 12.5 Å². The number of aliphatic hydroxyl groups is 1. The van der Waals surface area contributed by atoms with Crippen LogP contribution in [0.5, 0.6) is 0 Å². The van der Waals surface area contributed by atoms with Gasteiger partial charge in [-0.05, 0) is 47.2 Å². The standard InChI is InChI=1S/C28H28N2O4/c1-34-25(31)17-28(33)22-10-2-3-11-23(22)30(27(28)32)20-12-14-29(15-13-20)24-16-19-8-4-6-18-7-5-9-21(24)26(18)19/h2-11,20,24,33H,12-17H2,1H3. The summed E-state index contributed by atoms with van der Waals surface area (Å²) in [5, 5.41) is 14.0. The molecule has 1 amide bonds. The van der Waals surface area contributed by atoms with E-state index in [0.29, 0.717) is 17.3 Å². The zero-order chi connectivity index (χ0) is 23.4. The average Bonchev–Trinajstić information content (AvgIpc) is 3.34. The Hall–Kier alpha value is -3.22. The largest absolute Gasteiger partial charge is 0.469 e. The van der Waals surface area contributed by atoms with Gasteiger partial charge in [-0.25, -0.2) is 0 Å². The first kappa shape index (κ1) is 21.3. The molecule has 2 atom stereocenters. The van der Waals surface area contributed by atoms with Crippen LogP contribution in [-0.4, -0.2) is 48.1 Å². The fourth-order valence-electron chi connectivity index (χ4n) is 6.27. The van der Waals surface area contributed by atoms with Crippen molar-refractivity contribution in [3.05, 3.63) is 77.4 Å². The van der Waals surface area contributed by atoms with Gasteiger partial charge < -0.3 is 14.7 Å². The predicted octanol–water partition coefficient (Wildman–Crippen LogP) is 3.70. The molecule has 2 heterocycles. The molecule has 34 heavy (non-hydrogen) atoms. The fraction of sp³-hybridized carbons (Fsp3) is 0.357. The molecule has 3 aromatic rings. The molecule has 2 aliphatic heterocycles. The molecule has 6 rings (SSSR count). The van der Waals surface area contributed by atoms with Crippen LogP contribution in [0.1, 0.15) is 42.0 Å². The summed E-state index contributed by atoms with van der Waals surface area (Å²) in [4.78, 5) is 29.8. The third kappa shape index (κ3) is 3.09. The number of anilines is 1. The van der Waals surface area contributed by atoms with Crippen LogP contribution in [0.3, 0.4) is 0 Å². The van der Waals surface area contributed by atoms with E-state index in [1.54, 1.807) is 17.0 Å². The zero-order valence-electron chi connectivity index (χ0n) is 19.2. The number of hydrogen-bond donors (Lipinski definition) is 1. The van der Waals surface area contributed by atoms with Gasteiger partial charge in [0.15, 0.2) is 5.60 Å². The molecule has 0 aromatic heterocycles. The molecule has 174 valence electrons. The Morgan fingerprint density at radius 2 is 1.79 bits per heavy atom. The fourth-order valence-corrected chi connectivity index (χ4v) is 6.27. The van der Waals surface area contributed by atoms with Crippen molar-refractivity contribution in [1.29, 1.82) is 0 Å². The lowest BCUT2D eigenvalue weighted by atomic mass is 9.92. The first-order valence-corrected chi connectivity index (χ1v) is 12.0. The van der Waals surface area contributed by atoms with Gasteiger partial charge in [0.05, 0.1) is 19.2 Å². The van der Waals surface area contributed by atoms with E-state index in [1.165, 1.54) is 29.0 Å². The number of carbonyl (C=O) groups is 2. The molecule has 0 bridgehead atoms. The minimum atomic E-state index is -1.87. The Balaban J connectivity index is 1.23. The second kappa shape index (κ2) is 7.93. The Morgan fingerprint density at radius 3 is 2.56 bits per heavy atom. The number of likely N-dealkylation sites (tertiary alicyclic amines) is 1. The molecule has 1 saturated heterocycles. The molecule has 1 aliphatic carbocycles. The van der Waals surface area contributed by atoms with Gasteiger partial charge in [-0.3, -0.25) is 14.5 Å². The first-order chi connectivity index (χ1) is 16.5. The summed E-state index contributed by atoms with van der Waals surface area (Å²) in [6.45, 7) is 1.75. The normalized spacial score (nSPS) is 24.6. The van der Waals surface area contributed by atoms with Gasteiger partial charge in [0, 0.05) is 30.7 Å². The second-order valence-corrected chi connectivity index (χ2v) is 9.66. The molecule has 0 saturated carbocycles. The number of carbonyl (C=O) groups excluding carboxylic acids is 2. The average molecular weight is 457 g/mol. The zero-order valence-corrected chi connectivity index (χ0v) is 19.2. The van der Waals surface area contributed by atoms with Crippen LogP contribution >= 0.6 is 0 Å². The summed E-state index contributed by atoms with van der Waals surface area (Å²) in [6.07, 6.45) is 2.28. The van der Waals surface area contributed by atoms with Crippen molar-refractivity contribution >= 4 is 28.3 Å². The number of hydrogen-bond acceptors (Lipinski definition) is 5. The number of fused-ring (bicyclic) bond motifs is 1. The molecule has 0 spiro atoms. The number of amides is 1. The van der Waals surface area contributed by atoms with Crippen molar-refractivity contribution in [2.24, 2.45) is 0 Å². The highest BCUT2D eigenvalue weighted by Crippen LogP contribution is 2.46. The predicted molar refractivity (Wildman–Crippen MR) is 129 cm³/mol. The maximum Gasteiger partial charge on any atom is 0.309 e. The number of rotatable bonds is 4. The Labute approximate surface area is 198 Å². The number of methoxy groups -OCH3 is 1. The molecule has 3 aliphatic rings. The number of nitrogens with zero attached hydrogens (tertiary/aromatic N) is 2. The number of benzene rings is 3. The summed E-state index contributed by atoms with van der Waals surface area (Å²) in [6, 6.07) is 20.7. The van der Waals surface area contributed by atoms with E-state index in [9.17, 15) is 14.7 Å². The van der Waals surface area contributed by atoms with E-state index in [0.717, 1.165) is 32.4 Å². The van der Waals surface area contributed by atoms with Crippen LogP contribution in [0.4, 0.5) is 5.69 Å². The van der Waals surface area contributed by atoms with E-state index in [1.807, 2.05) is 12.1 Å². The van der Waals surface area contributed by atoms with Gasteiger partial charge in [-0.2, -0.15) is 0 Å². The van der Waals surface area contributed by atoms with Crippen molar-refractivity contribution in [2.75, 3.05) is 25.1 Å². The van der Waals surface area contributed by atoms with E-state index < -0.39 is 17.5 Å². The quantitative estimate of drug-likeness (QED) is 0.607. The first-order valence-electron chi connectivity index (χ1n) is 12.0. The molecule has 6 heteroatoms. The molecule has 1 fully saturated rings. The number of esters is 1. The summed E-state index contributed by atoms with van der Waals surface area (Å²) in [7, 11) is 1.27. The van der Waals surface area contributed by atoms with Crippen molar-refractivity contribution in [3.63, 3.8) is 0 Å². The minimum absolute atomic E-state index is 0.0175.